The Bertz CT molecular complexity index is 92.1. The summed E-state index contributed by atoms with van der Waals surface area (Å²) in [5.74, 6) is 0. The van der Waals surface area contributed by atoms with Gasteiger partial charge in [-0.3, -0.25) is 0 Å². The molecule has 1 aliphatic heterocycles. The summed E-state index contributed by atoms with van der Waals surface area (Å²) < 4.78 is 10.9. The minimum atomic E-state index is 0.107. The Balaban J connectivity index is 1.96. The van der Waals surface area contributed by atoms with Gasteiger partial charge in [-0.1, -0.05) is 6.32 Å². The zero-order chi connectivity index (χ0) is 7.94. The average molecular weight is 156 g/mol. The monoisotopic (exact) mass is 156 g/mol. The van der Waals surface area contributed by atoms with Gasteiger partial charge in [0.15, 0.2) is 6.29 Å². The Morgan fingerprint density at radius 2 is 2.36 bits per heavy atom. The second kappa shape index (κ2) is 5.61. The van der Waals surface area contributed by atoms with Crippen LogP contribution in [0.25, 0.3) is 0 Å². The molecule has 1 aliphatic rings. The average Bonchev–Trinajstić information content (AvgIpc) is 2.07. The van der Waals surface area contributed by atoms with Crippen molar-refractivity contribution in [2.24, 2.45) is 0 Å². The third kappa shape index (κ3) is 3.78. The largest absolute Gasteiger partial charge is 0.353 e. The number of hydrogen-bond acceptors (Lipinski definition) is 2. The molecule has 1 unspecified atom stereocenters. The number of rotatable bonds is 4. The first-order valence-corrected chi connectivity index (χ1v) is 4.66. The van der Waals surface area contributed by atoms with Gasteiger partial charge in [0.25, 0.3) is 0 Å². The van der Waals surface area contributed by atoms with Crippen molar-refractivity contribution in [3.8, 4) is 0 Å². The molecule has 1 atom stereocenters. The first-order chi connectivity index (χ1) is 5.43. The van der Waals surface area contributed by atoms with Gasteiger partial charge in [-0.2, -0.15) is 0 Å². The quantitative estimate of drug-likeness (QED) is 0.446. The van der Waals surface area contributed by atoms with Crippen LogP contribution in [0.5, 0.6) is 0 Å². The van der Waals surface area contributed by atoms with E-state index in [1.165, 1.54) is 19.2 Å². The molecule has 0 amide bonds. The molecule has 1 fully saturated rings. The molecule has 0 aliphatic carbocycles. The van der Waals surface area contributed by atoms with Gasteiger partial charge in [0, 0.05) is 13.2 Å². The fourth-order valence-electron chi connectivity index (χ4n) is 1.20. The Hall–Kier alpha value is -0.0151. The Morgan fingerprint density at radius 3 is 3.00 bits per heavy atom. The SMILES string of the molecule is BCCCOC1CCCCO1. The maximum absolute atomic E-state index is 5.50. The highest BCUT2D eigenvalue weighted by molar-refractivity contribution is 6.08. The van der Waals surface area contributed by atoms with Crippen LogP contribution in [0.1, 0.15) is 25.7 Å². The van der Waals surface area contributed by atoms with E-state index >= 15 is 0 Å². The molecule has 0 radical (unpaired) electrons. The van der Waals surface area contributed by atoms with Crippen LogP contribution in [0.2, 0.25) is 6.32 Å². The third-order valence-electron chi connectivity index (χ3n) is 1.94. The lowest BCUT2D eigenvalue weighted by molar-refractivity contribution is -0.162. The minimum absolute atomic E-state index is 0.107. The smallest absolute Gasteiger partial charge is 0.157 e. The van der Waals surface area contributed by atoms with E-state index in [0.717, 1.165) is 26.1 Å². The second-order valence-corrected chi connectivity index (χ2v) is 3.02. The van der Waals surface area contributed by atoms with Gasteiger partial charge >= 0.3 is 0 Å². The fourth-order valence-corrected chi connectivity index (χ4v) is 1.20. The molecular weight excluding hydrogens is 139 g/mol. The van der Waals surface area contributed by atoms with Crippen molar-refractivity contribution in [3.63, 3.8) is 0 Å². The van der Waals surface area contributed by atoms with Crippen molar-refractivity contribution in [1.29, 1.82) is 0 Å². The predicted octanol–water partition coefficient (Wildman–Crippen LogP) is 0.971. The first kappa shape index (κ1) is 9.08. The lowest BCUT2D eigenvalue weighted by Gasteiger charge is -2.22. The molecular formula is C8H17BO2. The van der Waals surface area contributed by atoms with E-state index in [2.05, 4.69) is 7.85 Å². The minimum Gasteiger partial charge on any atom is -0.353 e. The van der Waals surface area contributed by atoms with E-state index in [1.807, 2.05) is 0 Å². The van der Waals surface area contributed by atoms with Crippen molar-refractivity contribution < 1.29 is 9.47 Å². The zero-order valence-corrected chi connectivity index (χ0v) is 7.34. The van der Waals surface area contributed by atoms with Crippen molar-refractivity contribution in [2.45, 2.75) is 38.3 Å². The molecule has 0 aromatic heterocycles. The maximum atomic E-state index is 5.50. The van der Waals surface area contributed by atoms with Gasteiger partial charge in [0.05, 0.1) is 0 Å². The molecule has 0 saturated carbocycles. The van der Waals surface area contributed by atoms with Crippen LogP contribution in [-0.2, 0) is 9.47 Å². The normalized spacial score (nSPS) is 25.3. The van der Waals surface area contributed by atoms with Crippen LogP contribution in [0.3, 0.4) is 0 Å². The zero-order valence-electron chi connectivity index (χ0n) is 7.34. The molecule has 1 saturated heterocycles. The lowest BCUT2D eigenvalue weighted by Crippen LogP contribution is -2.22. The molecule has 0 aromatic carbocycles. The highest BCUT2D eigenvalue weighted by atomic mass is 16.7. The summed E-state index contributed by atoms with van der Waals surface area (Å²) in [6.07, 6.45) is 6.01. The highest BCUT2D eigenvalue weighted by Crippen LogP contribution is 2.13. The van der Waals surface area contributed by atoms with Crippen LogP contribution in [0.15, 0.2) is 0 Å². The van der Waals surface area contributed by atoms with Crippen molar-refractivity contribution in [2.75, 3.05) is 13.2 Å². The van der Waals surface area contributed by atoms with Gasteiger partial charge in [0.1, 0.15) is 7.85 Å². The van der Waals surface area contributed by atoms with E-state index < -0.39 is 0 Å². The molecule has 0 aromatic rings. The van der Waals surface area contributed by atoms with E-state index in [-0.39, 0.29) is 6.29 Å². The van der Waals surface area contributed by atoms with E-state index in [0.29, 0.717) is 0 Å². The molecule has 3 heteroatoms. The van der Waals surface area contributed by atoms with Crippen LogP contribution in [0.4, 0.5) is 0 Å². The standard InChI is InChI=1S/C8H17BO2/c9-5-3-7-11-8-4-1-2-6-10-8/h8H,1-7,9H2. The highest BCUT2D eigenvalue weighted by Gasteiger charge is 2.12. The number of hydrogen-bond donors (Lipinski definition) is 0. The topological polar surface area (TPSA) is 18.5 Å². The van der Waals surface area contributed by atoms with Crippen molar-refractivity contribution >= 4 is 7.85 Å². The van der Waals surface area contributed by atoms with Crippen LogP contribution in [-0.4, -0.2) is 27.4 Å². The van der Waals surface area contributed by atoms with Crippen molar-refractivity contribution in [1.82, 2.24) is 0 Å². The molecule has 11 heavy (non-hydrogen) atoms. The van der Waals surface area contributed by atoms with Crippen LogP contribution < -0.4 is 0 Å². The predicted molar refractivity (Wildman–Crippen MR) is 47.5 cm³/mol. The number of ether oxygens (including phenoxy) is 2. The third-order valence-corrected chi connectivity index (χ3v) is 1.94. The van der Waals surface area contributed by atoms with E-state index in [9.17, 15) is 0 Å². The molecule has 2 nitrogen and oxygen atoms in total. The molecule has 0 bridgehead atoms. The van der Waals surface area contributed by atoms with Crippen LogP contribution in [0, 0.1) is 0 Å². The summed E-state index contributed by atoms with van der Waals surface area (Å²) in [7, 11) is 2.17. The summed E-state index contributed by atoms with van der Waals surface area (Å²) >= 11 is 0. The Kier molecular flexibility index (Phi) is 4.63. The van der Waals surface area contributed by atoms with Gasteiger partial charge in [-0.25, -0.2) is 0 Å². The Morgan fingerprint density at radius 1 is 1.45 bits per heavy atom. The first-order valence-electron chi connectivity index (χ1n) is 4.66. The maximum Gasteiger partial charge on any atom is 0.157 e. The molecule has 1 heterocycles. The molecule has 0 N–H and O–H groups in total. The van der Waals surface area contributed by atoms with E-state index in [4.69, 9.17) is 9.47 Å². The fraction of sp³-hybridized carbons (Fsp3) is 1.00. The summed E-state index contributed by atoms with van der Waals surface area (Å²) in [4.78, 5) is 0. The summed E-state index contributed by atoms with van der Waals surface area (Å²) in [5.41, 5.74) is 0. The second-order valence-electron chi connectivity index (χ2n) is 3.02. The van der Waals surface area contributed by atoms with Gasteiger partial charge < -0.3 is 9.47 Å². The van der Waals surface area contributed by atoms with E-state index in [1.54, 1.807) is 0 Å². The lowest BCUT2D eigenvalue weighted by atomic mass is 10.0. The molecule has 64 valence electrons. The molecule has 0 spiro atoms. The van der Waals surface area contributed by atoms with Gasteiger partial charge in [-0.15, -0.1) is 0 Å². The summed E-state index contributed by atoms with van der Waals surface area (Å²) in [5, 5.41) is 0. The van der Waals surface area contributed by atoms with Crippen molar-refractivity contribution in [3.05, 3.63) is 0 Å². The Labute approximate surface area is 69.7 Å². The summed E-state index contributed by atoms with van der Waals surface area (Å²) in [6.45, 7) is 1.75. The molecule has 1 rings (SSSR count). The van der Waals surface area contributed by atoms with Crippen LogP contribution >= 0.6 is 0 Å². The van der Waals surface area contributed by atoms with Gasteiger partial charge in [-0.05, 0) is 25.7 Å². The van der Waals surface area contributed by atoms with Gasteiger partial charge in [0.2, 0.25) is 0 Å². The summed E-state index contributed by atoms with van der Waals surface area (Å²) in [6, 6.07) is 0.